The molecule has 1 N–H and O–H groups in total. The van der Waals surface area contributed by atoms with E-state index in [9.17, 15) is 4.79 Å². The molecule has 0 radical (unpaired) electrons. The van der Waals surface area contributed by atoms with E-state index < -0.39 is 0 Å². The lowest BCUT2D eigenvalue weighted by atomic mass is 10.1. The van der Waals surface area contributed by atoms with Crippen LogP contribution in [0.4, 0.5) is 5.69 Å². The van der Waals surface area contributed by atoms with E-state index in [2.05, 4.69) is 15.5 Å². The summed E-state index contributed by atoms with van der Waals surface area (Å²) in [5, 5.41) is 12.6. The largest absolute Gasteiger partial charge is 0.325 e. The third-order valence-corrected chi connectivity index (χ3v) is 5.14. The Morgan fingerprint density at radius 1 is 1.08 bits per heavy atom. The van der Waals surface area contributed by atoms with Crippen molar-refractivity contribution >= 4 is 35.0 Å². The Balaban J connectivity index is 1.72. The first-order valence-electron chi connectivity index (χ1n) is 8.12. The van der Waals surface area contributed by atoms with Crippen LogP contribution in [-0.4, -0.2) is 26.4 Å². The normalized spacial score (nSPS) is 10.8. The van der Waals surface area contributed by atoms with Crippen LogP contribution in [0.5, 0.6) is 0 Å². The Labute approximate surface area is 161 Å². The van der Waals surface area contributed by atoms with E-state index in [0.717, 1.165) is 28.3 Å². The summed E-state index contributed by atoms with van der Waals surface area (Å²) in [5.41, 5.74) is 3.87. The maximum absolute atomic E-state index is 12.4. The minimum Gasteiger partial charge on any atom is -0.325 e. The third kappa shape index (κ3) is 4.08. The lowest BCUT2D eigenvalue weighted by Gasteiger charge is -2.12. The van der Waals surface area contributed by atoms with Crippen LogP contribution in [0.2, 0.25) is 5.02 Å². The Bertz CT molecular complexity index is 917. The fourth-order valence-corrected chi connectivity index (χ4v) is 3.56. The molecule has 1 heterocycles. The van der Waals surface area contributed by atoms with Gasteiger partial charge in [-0.1, -0.05) is 41.6 Å². The van der Waals surface area contributed by atoms with Gasteiger partial charge in [0.15, 0.2) is 5.16 Å². The molecule has 0 fully saturated rings. The predicted molar refractivity (Wildman–Crippen MR) is 106 cm³/mol. The van der Waals surface area contributed by atoms with E-state index in [-0.39, 0.29) is 11.7 Å². The molecule has 0 spiro atoms. The van der Waals surface area contributed by atoms with Crippen molar-refractivity contribution in [3.63, 3.8) is 0 Å². The zero-order chi connectivity index (χ0) is 18.7. The number of aryl methyl sites for hydroxylation is 3. The Morgan fingerprint density at radius 3 is 2.38 bits per heavy atom. The number of benzene rings is 2. The molecular formula is C19H19ClN4OS. The average molecular weight is 387 g/mol. The van der Waals surface area contributed by atoms with Crippen molar-refractivity contribution in [1.82, 2.24) is 14.8 Å². The molecule has 2 aromatic carbocycles. The molecule has 0 aliphatic heterocycles. The van der Waals surface area contributed by atoms with E-state index in [0.29, 0.717) is 10.2 Å². The Kier molecular flexibility index (Phi) is 5.64. The van der Waals surface area contributed by atoms with Crippen molar-refractivity contribution in [2.24, 2.45) is 0 Å². The number of hydrogen-bond acceptors (Lipinski definition) is 4. The number of thioether (sulfide) groups is 1. The smallest absolute Gasteiger partial charge is 0.234 e. The van der Waals surface area contributed by atoms with Gasteiger partial charge >= 0.3 is 0 Å². The van der Waals surface area contributed by atoms with Crippen molar-refractivity contribution in [3.8, 4) is 5.69 Å². The van der Waals surface area contributed by atoms with Gasteiger partial charge in [0.05, 0.1) is 5.75 Å². The number of para-hydroxylation sites is 1. The summed E-state index contributed by atoms with van der Waals surface area (Å²) in [6, 6.07) is 13.4. The number of nitrogens with one attached hydrogen (secondary N) is 1. The van der Waals surface area contributed by atoms with Crippen molar-refractivity contribution in [2.45, 2.75) is 25.9 Å². The number of anilines is 1. The molecule has 0 saturated carbocycles. The zero-order valence-electron chi connectivity index (χ0n) is 14.8. The van der Waals surface area contributed by atoms with Crippen LogP contribution < -0.4 is 5.32 Å². The van der Waals surface area contributed by atoms with Gasteiger partial charge in [0.1, 0.15) is 5.82 Å². The molecule has 26 heavy (non-hydrogen) atoms. The van der Waals surface area contributed by atoms with E-state index in [1.807, 2.05) is 67.8 Å². The fourth-order valence-electron chi connectivity index (χ4n) is 2.64. The summed E-state index contributed by atoms with van der Waals surface area (Å²) in [5.74, 6) is 0.931. The molecule has 0 unspecified atom stereocenters. The van der Waals surface area contributed by atoms with Gasteiger partial charge in [-0.2, -0.15) is 0 Å². The van der Waals surface area contributed by atoms with Crippen LogP contribution in [0.15, 0.2) is 47.6 Å². The molecule has 0 aliphatic carbocycles. The minimum atomic E-state index is -0.0734. The van der Waals surface area contributed by atoms with Gasteiger partial charge in [-0.05, 0) is 56.2 Å². The van der Waals surface area contributed by atoms with Crippen LogP contribution in [0.3, 0.4) is 0 Å². The number of rotatable bonds is 5. The van der Waals surface area contributed by atoms with Gasteiger partial charge in [0, 0.05) is 16.4 Å². The Hall–Kier alpha value is -2.31. The third-order valence-electron chi connectivity index (χ3n) is 3.96. The molecule has 3 aromatic rings. The van der Waals surface area contributed by atoms with Gasteiger partial charge in [0.25, 0.3) is 0 Å². The molecule has 3 rings (SSSR count). The fraction of sp³-hybridized carbons (Fsp3) is 0.211. The highest BCUT2D eigenvalue weighted by Gasteiger charge is 2.14. The standard InChI is InChI=1S/C19H19ClN4OS/c1-12-5-4-6-13(2)18(12)21-17(25)11-26-19-23-22-14(3)24(19)16-9-7-15(20)8-10-16/h4-10H,11H2,1-3H3,(H,21,25). The van der Waals surface area contributed by atoms with E-state index >= 15 is 0 Å². The highest BCUT2D eigenvalue weighted by molar-refractivity contribution is 7.99. The minimum absolute atomic E-state index is 0.0734. The SMILES string of the molecule is Cc1cccc(C)c1NC(=O)CSc1nnc(C)n1-c1ccc(Cl)cc1. The summed E-state index contributed by atoms with van der Waals surface area (Å²) in [7, 11) is 0. The van der Waals surface area contributed by atoms with Gasteiger partial charge in [-0.25, -0.2) is 0 Å². The van der Waals surface area contributed by atoms with Gasteiger partial charge < -0.3 is 5.32 Å². The predicted octanol–water partition coefficient (Wildman–Crippen LogP) is 4.58. The second kappa shape index (κ2) is 7.93. The molecule has 0 bridgehead atoms. The number of amides is 1. The van der Waals surface area contributed by atoms with E-state index in [1.54, 1.807) is 0 Å². The molecule has 0 saturated heterocycles. The molecule has 7 heteroatoms. The highest BCUT2D eigenvalue weighted by atomic mass is 35.5. The van der Waals surface area contributed by atoms with Crippen LogP contribution in [0, 0.1) is 20.8 Å². The molecule has 1 aromatic heterocycles. The number of carbonyl (C=O) groups is 1. The topological polar surface area (TPSA) is 59.8 Å². The van der Waals surface area contributed by atoms with Crippen LogP contribution >= 0.6 is 23.4 Å². The zero-order valence-corrected chi connectivity index (χ0v) is 16.4. The van der Waals surface area contributed by atoms with E-state index in [4.69, 9.17) is 11.6 Å². The van der Waals surface area contributed by atoms with Gasteiger partial charge in [-0.3, -0.25) is 9.36 Å². The number of aromatic nitrogens is 3. The van der Waals surface area contributed by atoms with Gasteiger partial charge in [-0.15, -0.1) is 10.2 Å². The first-order chi connectivity index (χ1) is 12.5. The van der Waals surface area contributed by atoms with Crippen molar-refractivity contribution in [2.75, 3.05) is 11.1 Å². The second-order valence-electron chi connectivity index (χ2n) is 5.95. The molecule has 5 nitrogen and oxygen atoms in total. The quantitative estimate of drug-likeness (QED) is 0.652. The van der Waals surface area contributed by atoms with Crippen molar-refractivity contribution in [3.05, 3.63) is 64.4 Å². The number of carbonyl (C=O) groups excluding carboxylic acids is 1. The molecular weight excluding hydrogens is 368 g/mol. The van der Waals surface area contributed by atoms with Crippen molar-refractivity contribution < 1.29 is 4.79 Å². The highest BCUT2D eigenvalue weighted by Crippen LogP contribution is 2.24. The summed E-state index contributed by atoms with van der Waals surface area (Å²) in [6.45, 7) is 5.84. The maximum Gasteiger partial charge on any atom is 0.234 e. The van der Waals surface area contributed by atoms with Crippen molar-refractivity contribution in [1.29, 1.82) is 0 Å². The Morgan fingerprint density at radius 2 is 1.73 bits per heavy atom. The monoisotopic (exact) mass is 386 g/mol. The molecule has 134 valence electrons. The molecule has 0 atom stereocenters. The summed E-state index contributed by atoms with van der Waals surface area (Å²) in [4.78, 5) is 12.4. The summed E-state index contributed by atoms with van der Waals surface area (Å²) in [6.07, 6.45) is 0. The second-order valence-corrected chi connectivity index (χ2v) is 7.32. The van der Waals surface area contributed by atoms with Gasteiger partial charge in [0.2, 0.25) is 5.91 Å². The van der Waals surface area contributed by atoms with Crippen LogP contribution in [-0.2, 0) is 4.79 Å². The van der Waals surface area contributed by atoms with Crippen LogP contribution in [0.25, 0.3) is 5.69 Å². The molecule has 1 amide bonds. The van der Waals surface area contributed by atoms with E-state index in [1.165, 1.54) is 11.8 Å². The average Bonchev–Trinajstić information content (AvgIpc) is 2.98. The lowest BCUT2D eigenvalue weighted by Crippen LogP contribution is -2.16. The number of halogens is 1. The molecule has 0 aliphatic rings. The first kappa shape index (κ1) is 18.5. The first-order valence-corrected chi connectivity index (χ1v) is 9.49. The summed E-state index contributed by atoms with van der Waals surface area (Å²) < 4.78 is 1.91. The number of hydrogen-bond donors (Lipinski definition) is 1. The maximum atomic E-state index is 12.4. The van der Waals surface area contributed by atoms with Crippen LogP contribution in [0.1, 0.15) is 17.0 Å². The lowest BCUT2D eigenvalue weighted by molar-refractivity contribution is -0.113. The summed E-state index contributed by atoms with van der Waals surface area (Å²) >= 11 is 7.31. The number of nitrogens with zero attached hydrogens (tertiary/aromatic N) is 3.